The number of rotatable bonds is 10. The van der Waals surface area contributed by atoms with Gasteiger partial charge in [0.1, 0.15) is 11.8 Å². The molecule has 0 aliphatic carbocycles. The van der Waals surface area contributed by atoms with Crippen molar-refractivity contribution < 1.29 is 19.8 Å². The molecule has 2 aliphatic rings. The van der Waals surface area contributed by atoms with Crippen molar-refractivity contribution in [3.05, 3.63) is 111 Å². The van der Waals surface area contributed by atoms with Crippen molar-refractivity contribution in [2.24, 2.45) is 5.92 Å². The van der Waals surface area contributed by atoms with E-state index in [1.54, 1.807) is 30.6 Å². The summed E-state index contributed by atoms with van der Waals surface area (Å²) in [4.78, 5) is 37.7. The van der Waals surface area contributed by atoms with Crippen molar-refractivity contribution in [2.45, 2.75) is 45.9 Å². The summed E-state index contributed by atoms with van der Waals surface area (Å²) in [5, 5.41) is 32.9. The first-order chi connectivity index (χ1) is 24.1. The first-order valence-corrected chi connectivity index (χ1v) is 17.1. The molecule has 4 aromatic rings. The Morgan fingerprint density at radius 1 is 1.02 bits per heavy atom. The number of aryl methyl sites for hydroxylation is 1. The van der Waals surface area contributed by atoms with Crippen molar-refractivity contribution in [2.75, 3.05) is 31.5 Å². The molecule has 0 unspecified atom stereocenters. The average molecular weight is 691 g/mol. The molecule has 0 spiro atoms. The van der Waals surface area contributed by atoms with Gasteiger partial charge in [-0.15, -0.1) is 0 Å². The molecule has 2 aromatic heterocycles. The zero-order valence-corrected chi connectivity index (χ0v) is 28.8. The molecule has 2 aliphatic heterocycles. The number of β-amino-alcohol motifs (C(OH)–C–C–N with tert-alkyl or cyclic N) is 1. The summed E-state index contributed by atoms with van der Waals surface area (Å²) in [5.74, 6) is -1.42. The van der Waals surface area contributed by atoms with Crippen LogP contribution in [0.4, 0.5) is 5.69 Å². The Morgan fingerprint density at radius 2 is 1.82 bits per heavy atom. The maximum atomic E-state index is 13.2. The Hall–Kier alpha value is -4.92. The van der Waals surface area contributed by atoms with Crippen molar-refractivity contribution in [3.8, 4) is 17.2 Å². The average Bonchev–Trinajstić information content (AvgIpc) is 3.75. The number of carbonyl (C=O) groups is 2. The smallest absolute Gasteiger partial charge is 0.307 e. The summed E-state index contributed by atoms with van der Waals surface area (Å²) in [5.41, 5.74) is 7.90. The zero-order chi connectivity index (χ0) is 35.4. The summed E-state index contributed by atoms with van der Waals surface area (Å²) in [6, 6.07) is 17.2. The number of aliphatic carboxylic acids is 1. The van der Waals surface area contributed by atoms with E-state index in [2.05, 4.69) is 31.2 Å². The SMILES string of the molecule is Cc1cc(/C=C/c2nccc(-c3cccc(NC(=O)c4ccc(CN5CC[C@@H](O)C5)cn4)c3C)c2C#N)c(Cl)cc1CN1CC[C@@H](C(=O)O)C1. The number of halogens is 1. The van der Waals surface area contributed by atoms with Gasteiger partial charge in [-0.2, -0.15) is 5.26 Å². The number of hydrogen-bond donors (Lipinski definition) is 3. The lowest BCUT2D eigenvalue weighted by atomic mass is 9.94. The van der Waals surface area contributed by atoms with Crippen molar-refractivity contribution in [1.82, 2.24) is 19.8 Å². The van der Waals surface area contributed by atoms with Crippen LogP contribution in [0.3, 0.4) is 0 Å². The predicted molar refractivity (Wildman–Crippen MR) is 193 cm³/mol. The van der Waals surface area contributed by atoms with Gasteiger partial charge in [0.05, 0.1) is 23.3 Å². The van der Waals surface area contributed by atoms with E-state index in [4.69, 9.17) is 11.6 Å². The van der Waals surface area contributed by atoms with E-state index in [0.717, 1.165) is 52.9 Å². The van der Waals surface area contributed by atoms with Crippen molar-refractivity contribution in [1.29, 1.82) is 5.26 Å². The summed E-state index contributed by atoms with van der Waals surface area (Å²) in [6.07, 6.45) is 8.11. The third-order valence-electron chi connectivity index (χ3n) is 9.57. The highest BCUT2D eigenvalue weighted by molar-refractivity contribution is 6.32. The van der Waals surface area contributed by atoms with Gasteiger partial charge in [-0.3, -0.25) is 29.4 Å². The second kappa shape index (κ2) is 15.3. The molecule has 0 radical (unpaired) electrons. The summed E-state index contributed by atoms with van der Waals surface area (Å²) in [6.45, 7) is 7.96. The molecule has 50 heavy (non-hydrogen) atoms. The molecule has 0 saturated carbocycles. The van der Waals surface area contributed by atoms with E-state index in [-0.39, 0.29) is 17.9 Å². The fraction of sp³-hybridized carbons (Fsp3) is 0.308. The standard InChI is InChI=1S/C39H39ClN6O4/c1-24-16-27(34(40)17-29(24)22-46-14-11-28(21-46)39(49)50)7-9-36-33(18-41)32(10-13-42-36)31-4-3-5-35(25(31)2)44-38(48)37-8-6-26(19-43-37)20-45-15-12-30(47)23-45/h3-10,13,16-17,19,28,30,47H,11-12,14-15,20-23H2,1-2H3,(H,44,48)(H,49,50)/b9-7+/t28-,30-/m1/s1. The number of carboxylic acid groups (broad SMARTS) is 1. The monoisotopic (exact) mass is 690 g/mol. The lowest BCUT2D eigenvalue weighted by Crippen LogP contribution is -2.23. The molecular weight excluding hydrogens is 652 g/mol. The molecular formula is C39H39ClN6O4. The summed E-state index contributed by atoms with van der Waals surface area (Å²) < 4.78 is 0. The molecule has 256 valence electrons. The Labute approximate surface area is 296 Å². The third kappa shape index (κ3) is 7.93. The first-order valence-electron chi connectivity index (χ1n) is 16.7. The van der Waals surface area contributed by atoms with E-state index in [9.17, 15) is 25.1 Å². The van der Waals surface area contributed by atoms with Crippen LogP contribution in [-0.4, -0.2) is 74.1 Å². The number of nitriles is 1. The molecule has 6 rings (SSSR count). The van der Waals surface area contributed by atoms with Gasteiger partial charge >= 0.3 is 5.97 Å². The van der Waals surface area contributed by atoms with Crippen LogP contribution < -0.4 is 5.32 Å². The van der Waals surface area contributed by atoms with Crippen LogP contribution in [0.25, 0.3) is 23.3 Å². The number of pyridine rings is 2. The maximum Gasteiger partial charge on any atom is 0.307 e. The zero-order valence-electron chi connectivity index (χ0n) is 28.1. The number of aliphatic hydroxyl groups excluding tert-OH is 1. The molecule has 4 heterocycles. The van der Waals surface area contributed by atoms with Crippen LogP contribution in [0.5, 0.6) is 0 Å². The lowest BCUT2D eigenvalue weighted by molar-refractivity contribution is -0.141. The number of hydrogen-bond acceptors (Lipinski definition) is 8. The van der Waals surface area contributed by atoms with E-state index in [0.29, 0.717) is 65.8 Å². The number of amides is 1. The minimum absolute atomic E-state index is 0.289. The van der Waals surface area contributed by atoms with Gasteiger partial charge < -0.3 is 15.5 Å². The Balaban J connectivity index is 1.17. The largest absolute Gasteiger partial charge is 0.481 e. The highest BCUT2D eigenvalue weighted by Gasteiger charge is 2.28. The van der Waals surface area contributed by atoms with E-state index >= 15 is 0 Å². The predicted octanol–water partition coefficient (Wildman–Crippen LogP) is 6.18. The van der Waals surface area contributed by atoms with Gasteiger partial charge in [-0.25, -0.2) is 0 Å². The first kappa shape index (κ1) is 34.9. The Kier molecular flexibility index (Phi) is 10.7. The number of likely N-dealkylation sites (tertiary alicyclic amines) is 2. The summed E-state index contributed by atoms with van der Waals surface area (Å²) >= 11 is 6.71. The molecule has 11 heteroatoms. The number of nitrogens with one attached hydrogen (secondary N) is 1. The van der Waals surface area contributed by atoms with Crippen LogP contribution in [0.1, 0.15) is 62.4 Å². The molecule has 2 fully saturated rings. The number of anilines is 1. The van der Waals surface area contributed by atoms with Crippen molar-refractivity contribution in [3.63, 3.8) is 0 Å². The van der Waals surface area contributed by atoms with Crippen LogP contribution in [0.2, 0.25) is 5.02 Å². The van der Waals surface area contributed by atoms with Crippen LogP contribution in [0, 0.1) is 31.1 Å². The molecule has 1 amide bonds. The lowest BCUT2D eigenvalue weighted by Gasteiger charge is -2.18. The Morgan fingerprint density at radius 3 is 2.52 bits per heavy atom. The van der Waals surface area contributed by atoms with Crippen LogP contribution >= 0.6 is 11.6 Å². The second-order valence-corrected chi connectivity index (χ2v) is 13.5. The fourth-order valence-electron chi connectivity index (χ4n) is 6.69. The molecule has 2 atom stereocenters. The Bertz CT molecular complexity index is 1990. The van der Waals surface area contributed by atoms with Crippen LogP contribution in [0.15, 0.2) is 60.9 Å². The molecule has 3 N–H and O–H groups in total. The van der Waals surface area contributed by atoms with Crippen molar-refractivity contribution >= 4 is 41.3 Å². The van der Waals surface area contributed by atoms with Gasteiger partial charge in [0, 0.05) is 61.4 Å². The number of benzene rings is 2. The van der Waals surface area contributed by atoms with Gasteiger partial charge in [0.2, 0.25) is 0 Å². The van der Waals surface area contributed by atoms with Gasteiger partial charge in [-0.1, -0.05) is 41.9 Å². The summed E-state index contributed by atoms with van der Waals surface area (Å²) in [7, 11) is 0. The topological polar surface area (TPSA) is 143 Å². The second-order valence-electron chi connectivity index (χ2n) is 13.1. The number of carbonyl (C=O) groups excluding carboxylic acids is 1. The van der Waals surface area contributed by atoms with Gasteiger partial charge in [0.25, 0.3) is 5.91 Å². The highest BCUT2D eigenvalue weighted by Crippen LogP contribution is 2.33. The number of aromatic nitrogens is 2. The maximum absolute atomic E-state index is 13.2. The molecule has 10 nitrogen and oxygen atoms in total. The van der Waals surface area contributed by atoms with Gasteiger partial charge in [-0.05, 0) is 97.0 Å². The third-order valence-corrected chi connectivity index (χ3v) is 9.89. The van der Waals surface area contributed by atoms with Crippen LogP contribution in [-0.2, 0) is 17.9 Å². The number of aliphatic hydroxyl groups is 1. The molecule has 2 aromatic carbocycles. The van der Waals surface area contributed by atoms with E-state index in [1.807, 2.05) is 56.3 Å². The van der Waals surface area contributed by atoms with E-state index < -0.39 is 5.97 Å². The number of nitrogens with zero attached hydrogens (tertiary/aromatic N) is 5. The van der Waals surface area contributed by atoms with E-state index in [1.165, 1.54) is 0 Å². The normalized spacial score (nSPS) is 18.1. The highest BCUT2D eigenvalue weighted by atomic mass is 35.5. The minimum atomic E-state index is -0.752. The number of carboxylic acids is 1. The molecule has 0 bridgehead atoms. The fourth-order valence-corrected chi connectivity index (χ4v) is 6.94. The molecule has 2 saturated heterocycles. The quantitative estimate of drug-likeness (QED) is 0.178. The minimum Gasteiger partial charge on any atom is -0.481 e. The van der Waals surface area contributed by atoms with Gasteiger partial charge in [0.15, 0.2) is 0 Å².